The monoisotopic (exact) mass is 542 g/mol. The minimum Gasteiger partial charge on any atom is -0.449 e. The van der Waals surface area contributed by atoms with E-state index in [9.17, 15) is 27.2 Å². The van der Waals surface area contributed by atoms with Gasteiger partial charge in [0.15, 0.2) is 0 Å². The van der Waals surface area contributed by atoms with Gasteiger partial charge in [-0.05, 0) is 59.2 Å². The van der Waals surface area contributed by atoms with Crippen molar-refractivity contribution in [1.29, 1.82) is 0 Å². The van der Waals surface area contributed by atoms with Crippen molar-refractivity contribution < 1.29 is 36.6 Å². The maximum absolute atomic E-state index is 13.6. The fourth-order valence-corrected chi connectivity index (χ4v) is 3.49. The van der Waals surface area contributed by atoms with Gasteiger partial charge < -0.3 is 14.8 Å². The molecule has 2 amide bonds. The van der Waals surface area contributed by atoms with E-state index in [1.165, 1.54) is 18.3 Å². The van der Waals surface area contributed by atoms with Crippen LogP contribution in [0.2, 0.25) is 0 Å². The highest BCUT2D eigenvalue weighted by Crippen LogP contribution is 2.33. The summed E-state index contributed by atoms with van der Waals surface area (Å²) in [5.41, 5.74) is -1.49. The number of halogens is 4. The lowest BCUT2D eigenvalue weighted by molar-refractivity contribution is -0.139. The lowest BCUT2D eigenvalue weighted by Crippen LogP contribution is -2.18. The second-order valence-electron chi connectivity index (χ2n) is 8.77. The third-order valence-corrected chi connectivity index (χ3v) is 5.24. The Labute approximate surface area is 220 Å². The molecule has 0 saturated carbocycles. The first-order valence-corrected chi connectivity index (χ1v) is 11.6. The highest BCUT2D eigenvalue weighted by atomic mass is 19.4. The summed E-state index contributed by atoms with van der Waals surface area (Å²) in [6, 6.07) is 13.4. The SMILES string of the molecule is CC(C)COC(=O)Nc1nccc(Oc2ccc3c(C(=O)Nc4ccc(F)c(C(F)(F)F)c4)cccc3c2)n1. The molecule has 0 aliphatic carbocycles. The van der Waals surface area contributed by atoms with Gasteiger partial charge in [-0.15, -0.1) is 0 Å². The summed E-state index contributed by atoms with van der Waals surface area (Å²) in [6.45, 7) is 4.03. The minimum absolute atomic E-state index is 0.0181. The first-order chi connectivity index (χ1) is 18.5. The van der Waals surface area contributed by atoms with Crippen molar-refractivity contribution in [2.45, 2.75) is 20.0 Å². The number of amides is 2. The van der Waals surface area contributed by atoms with Crippen LogP contribution in [0.3, 0.4) is 0 Å². The molecule has 0 aliphatic heterocycles. The molecule has 0 bridgehead atoms. The summed E-state index contributed by atoms with van der Waals surface area (Å²) in [5, 5.41) is 5.90. The van der Waals surface area contributed by atoms with Gasteiger partial charge in [0.25, 0.3) is 5.91 Å². The van der Waals surface area contributed by atoms with Crippen LogP contribution in [0.1, 0.15) is 29.8 Å². The van der Waals surface area contributed by atoms with Crippen LogP contribution in [-0.4, -0.2) is 28.6 Å². The molecule has 0 unspecified atom stereocenters. The van der Waals surface area contributed by atoms with Crippen LogP contribution in [0.15, 0.2) is 66.9 Å². The number of fused-ring (bicyclic) bond motifs is 1. The van der Waals surface area contributed by atoms with Crippen LogP contribution in [-0.2, 0) is 10.9 Å². The van der Waals surface area contributed by atoms with Crippen molar-refractivity contribution in [1.82, 2.24) is 9.97 Å². The van der Waals surface area contributed by atoms with E-state index in [1.54, 1.807) is 30.3 Å². The predicted molar refractivity (Wildman–Crippen MR) is 135 cm³/mol. The van der Waals surface area contributed by atoms with Gasteiger partial charge in [0.05, 0.1) is 12.2 Å². The molecule has 2 N–H and O–H groups in total. The summed E-state index contributed by atoms with van der Waals surface area (Å²) in [6.07, 6.45) is -4.21. The number of anilines is 2. The van der Waals surface area contributed by atoms with E-state index in [0.717, 1.165) is 6.07 Å². The number of hydrogen-bond donors (Lipinski definition) is 2. The number of nitrogens with one attached hydrogen (secondary N) is 2. The molecular formula is C27H22F4N4O4. The van der Waals surface area contributed by atoms with Crippen molar-refractivity contribution in [3.63, 3.8) is 0 Å². The van der Waals surface area contributed by atoms with Gasteiger partial charge in [0.1, 0.15) is 11.6 Å². The molecular weight excluding hydrogens is 520 g/mol. The van der Waals surface area contributed by atoms with Crippen LogP contribution < -0.4 is 15.4 Å². The zero-order valence-corrected chi connectivity index (χ0v) is 20.7. The number of nitrogens with zero attached hydrogens (tertiary/aromatic N) is 2. The highest BCUT2D eigenvalue weighted by molar-refractivity contribution is 6.13. The van der Waals surface area contributed by atoms with E-state index >= 15 is 0 Å². The maximum Gasteiger partial charge on any atom is 0.419 e. The van der Waals surface area contributed by atoms with Crippen LogP contribution >= 0.6 is 0 Å². The van der Waals surface area contributed by atoms with E-state index in [2.05, 4.69) is 20.6 Å². The lowest BCUT2D eigenvalue weighted by atomic mass is 10.0. The Morgan fingerprint density at radius 1 is 1.00 bits per heavy atom. The van der Waals surface area contributed by atoms with Gasteiger partial charge in [0.2, 0.25) is 11.8 Å². The van der Waals surface area contributed by atoms with E-state index in [1.807, 2.05) is 13.8 Å². The first-order valence-electron chi connectivity index (χ1n) is 11.6. The topological polar surface area (TPSA) is 102 Å². The summed E-state index contributed by atoms with van der Waals surface area (Å²) in [5.74, 6) is -1.47. The Hall–Kier alpha value is -4.74. The zero-order chi connectivity index (χ0) is 28.2. The van der Waals surface area contributed by atoms with Crippen LogP contribution in [0, 0.1) is 11.7 Å². The lowest BCUT2D eigenvalue weighted by Gasteiger charge is -2.12. The third kappa shape index (κ3) is 6.98. The fraction of sp³-hybridized carbons (Fsp3) is 0.185. The molecule has 0 spiro atoms. The van der Waals surface area contributed by atoms with Crippen LogP contribution in [0.25, 0.3) is 10.8 Å². The van der Waals surface area contributed by atoms with Crippen molar-refractivity contribution in [2.75, 3.05) is 17.2 Å². The number of benzene rings is 3. The predicted octanol–water partition coefficient (Wildman–Crippen LogP) is 7.04. The van der Waals surface area contributed by atoms with E-state index < -0.39 is 29.6 Å². The van der Waals surface area contributed by atoms with E-state index in [-0.39, 0.29) is 35.6 Å². The molecule has 0 radical (unpaired) electrons. The molecule has 3 aromatic carbocycles. The highest BCUT2D eigenvalue weighted by Gasteiger charge is 2.34. The molecule has 8 nitrogen and oxygen atoms in total. The van der Waals surface area contributed by atoms with Crippen molar-refractivity contribution in [2.24, 2.45) is 5.92 Å². The molecule has 1 heterocycles. The average Bonchev–Trinajstić information content (AvgIpc) is 2.87. The Kier molecular flexibility index (Phi) is 7.93. The Bertz CT molecular complexity index is 1530. The van der Waals surface area contributed by atoms with Gasteiger partial charge >= 0.3 is 12.3 Å². The molecule has 4 rings (SSSR count). The number of carbonyl (C=O) groups excluding carboxylic acids is 2. The fourth-order valence-electron chi connectivity index (χ4n) is 3.49. The smallest absolute Gasteiger partial charge is 0.419 e. The molecule has 0 saturated heterocycles. The molecule has 202 valence electrons. The second-order valence-corrected chi connectivity index (χ2v) is 8.77. The van der Waals surface area contributed by atoms with Crippen molar-refractivity contribution in [3.8, 4) is 11.6 Å². The van der Waals surface area contributed by atoms with E-state index in [4.69, 9.17) is 9.47 Å². The standard InChI is InChI=1S/C27H22F4N4O4/c1-15(2)14-38-26(37)35-25-32-11-10-23(34-25)39-18-7-8-19-16(12-18)4-3-5-20(19)24(36)33-17-6-9-22(28)21(13-17)27(29,30)31/h3-13,15H,14H2,1-2H3,(H,33,36)(H,32,34,35,37). The molecule has 0 atom stereocenters. The number of aromatic nitrogens is 2. The number of hydrogen-bond acceptors (Lipinski definition) is 6. The largest absolute Gasteiger partial charge is 0.449 e. The number of rotatable bonds is 7. The Balaban J connectivity index is 1.50. The van der Waals surface area contributed by atoms with Crippen LogP contribution in [0.5, 0.6) is 11.6 Å². The molecule has 4 aromatic rings. The van der Waals surface area contributed by atoms with Crippen LogP contribution in [0.4, 0.5) is 34.0 Å². The third-order valence-electron chi connectivity index (χ3n) is 5.24. The summed E-state index contributed by atoms with van der Waals surface area (Å²) >= 11 is 0. The normalized spacial score (nSPS) is 11.4. The van der Waals surface area contributed by atoms with Gasteiger partial charge in [-0.3, -0.25) is 10.1 Å². The van der Waals surface area contributed by atoms with E-state index in [0.29, 0.717) is 28.7 Å². The number of carbonyl (C=O) groups is 2. The maximum atomic E-state index is 13.6. The number of alkyl halides is 3. The van der Waals surface area contributed by atoms with Gasteiger partial charge in [-0.25, -0.2) is 14.2 Å². The van der Waals surface area contributed by atoms with Gasteiger partial charge in [-0.1, -0.05) is 26.0 Å². The summed E-state index contributed by atoms with van der Waals surface area (Å²) in [4.78, 5) is 32.8. The summed E-state index contributed by atoms with van der Waals surface area (Å²) in [7, 11) is 0. The molecule has 1 aromatic heterocycles. The molecule has 0 aliphatic rings. The van der Waals surface area contributed by atoms with Crippen molar-refractivity contribution in [3.05, 3.63) is 83.8 Å². The molecule has 0 fully saturated rings. The molecule has 39 heavy (non-hydrogen) atoms. The summed E-state index contributed by atoms with van der Waals surface area (Å²) < 4.78 is 63.5. The number of ether oxygens (including phenoxy) is 2. The molecule has 12 heteroatoms. The quantitative estimate of drug-likeness (QED) is 0.243. The Morgan fingerprint density at radius 3 is 2.54 bits per heavy atom. The average molecular weight is 542 g/mol. The van der Waals surface area contributed by atoms with Gasteiger partial charge in [0, 0.05) is 23.5 Å². The minimum atomic E-state index is -4.90. The van der Waals surface area contributed by atoms with Crippen molar-refractivity contribution >= 4 is 34.4 Å². The second kappa shape index (κ2) is 11.3. The Morgan fingerprint density at radius 2 is 1.79 bits per heavy atom. The first kappa shape index (κ1) is 27.3. The van der Waals surface area contributed by atoms with Gasteiger partial charge in [-0.2, -0.15) is 18.2 Å². The zero-order valence-electron chi connectivity index (χ0n) is 20.7.